The molecule has 0 aliphatic carbocycles. The standard InChI is InChI=1S/C42H37I/c1-41(2,3)30-18-21-33(36(24-30)29-16-15-26-11-7-8-13-28(26)23-29)39-38-32-14-10-9-12-27(32)17-20-34(38)37-25-31(42(4,5)6)19-22-35(37)40(39)43/h7-25H,1-6H3. The van der Waals surface area contributed by atoms with Gasteiger partial charge in [-0.1, -0.05) is 145 Å². The van der Waals surface area contributed by atoms with E-state index in [2.05, 4.69) is 179 Å². The molecule has 0 fully saturated rings. The van der Waals surface area contributed by atoms with Gasteiger partial charge in [0.05, 0.1) is 0 Å². The van der Waals surface area contributed by atoms with Crippen LogP contribution in [0.2, 0.25) is 0 Å². The van der Waals surface area contributed by atoms with Gasteiger partial charge in [-0.05, 0) is 116 Å². The molecule has 0 unspecified atom stereocenters. The van der Waals surface area contributed by atoms with E-state index in [1.807, 2.05) is 0 Å². The molecule has 0 N–H and O–H groups in total. The van der Waals surface area contributed by atoms with E-state index in [0.717, 1.165) is 0 Å². The minimum absolute atomic E-state index is 0.0405. The molecule has 0 aliphatic rings. The van der Waals surface area contributed by atoms with Gasteiger partial charge < -0.3 is 0 Å². The molecule has 0 saturated carbocycles. The molecule has 1 heteroatoms. The summed E-state index contributed by atoms with van der Waals surface area (Å²) in [7, 11) is 0. The SMILES string of the molecule is CC(C)(C)c1ccc(-c2c(I)c3ccc(C(C)(C)C)cc3c3ccc4ccccc4c23)c(-c2ccc3ccccc3c2)c1. The van der Waals surface area contributed by atoms with E-state index in [1.165, 1.54) is 80.0 Å². The van der Waals surface area contributed by atoms with Gasteiger partial charge in [0, 0.05) is 9.13 Å². The average Bonchev–Trinajstić information content (AvgIpc) is 2.99. The van der Waals surface area contributed by atoms with Crippen molar-refractivity contribution in [2.24, 2.45) is 0 Å². The Labute approximate surface area is 268 Å². The molecule has 0 heterocycles. The summed E-state index contributed by atoms with van der Waals surface area (Å²) >= 11 is 2.63. The molecule has 0 spiro atoms. The maximum absolute atomic E-state index is 2.63. The van der Waals surface area contributed by atoms with Crippen molar-refractivity contribution >= 4 is 65.7 Å². The molecule has 0 aromatic heterocycles. The second kappa shape index (κ2) is 10.2. The Kier molecular flexibility index (Phi) is 6.67. The molecule has 7 rings (SSSR count). The highest BCUT2D eigenvalue weighted by Gasteiger charge is 2.23. The number of halogens is 1. The molecule has 0 aliphatic heterocycles. The van der Waals surface area contributed by atoms with Crippen LogP contribution in [-0.2, 0) is 10.8 Å². The van der Waals surface area contributed by atoms with E-state index in [1.54, 1.807) is 0 Å². The van der Waals surface area contributed by atoms with Crippen LogP contribution in [0, 0.1) is 3.57 Å². The molecule has 0 bridgehead atoms. The first-order chi connectivity index (χ1) is 20.5. The molecule has 7 aromatic rings. The van der Waals surface area contributed by atoms with Gasteiger partial charge in [0.1, 0.15) is 0 Å². The smallest absolute Gasteiger partial charge is 0.0294 e. The summed E-state index contributed by atoms with van der Waals surface area (Å²) in [5.41, 5.74) is 7.99. The highest BCUT2D eigenvalue weighted by atomic mass is 127. The van der Waals surface area contributed by atoms with Gasteiger partial charge in [-0.25, -0.2) is 0 Å². The predicted molar refractivity (Wildman–Crippen MR) is 197 cm³/mol. The molecular formula is C42H37I. The van der Waals surface area contributed by atoms with Crippen LogP contribution in [0.4, 0.5) is 0 Å². The topological polar surface area (TPSA) is 0 Å². The Morgan fingerprint density at radius 3 is 1.79 bits per heavy atom. The first-order valence-corrected chi connectivity index (χ1v) is 16.3. The summed E-state index contributed by atoms with van der Waals surface area (Å²) in [6.07, 6.45) is 0. The molecule has 0 radical (unpaired) electrons. The third-order valence-corrected chi connectivity index (χ3v) is 10.1. The zero-order chi connectivity index (χ0) is 30.1. The molecule has 0 saturated heterocycles. The van der Waals surface area contributed by atoms with Gasteiger partial charge in [-0.3, -0.25) is 0 Å². The van der Waals surface area contributed by atoms with Crippen LogP contribution in [0.25, 0.3) is 65.3 Å². The molecular weight excluding hydrogens is 631 g/mol. The molecule has 43 heavy (non-hydrogen) atoms. The van der Waals surface area contributed by atoms with Crippen LogP contribution in [0.1, 0.15) is 52.7 Å². The molecule has 212 valence electrons. The van der Waals surface area contributed by atoms with Crippen LogP contribution in [-0.4, -0.2) is 0 Å². The number of hydrogen-bond donors (Lipinski definition) is 0. The fraction of sp³-hybridized carbons (Fsp3) is 0.190. The zero-order valence-electron chi connectivity index (χ0n) is 25.8. The number of benzene rings is 7. The lowest BCUT2D eigenvalue weighted by molar-refractivity contribution is 0.590. The van der Waals surface area contributed by atoms with Crippen LogP contribution in [0.15, 0.2) is 115 Å². The van der Waals surface area contributed by atoms with E-state index >= 15 is 0 Å². The Balaban J connectivity index is 1.65. The van der Waals surface area contributed by atoms with Gasteiger partial charge >= 0.3 is 0 Å². The van der Waals surface area contributed by atoms with E-state index in [4.69, 9.17) is 0 Å². The van der Waals surface area contributed by atoms with Crippen molar-refractivity contribution in [2.45, 2.75) is 52.4 Å². The first-order valence-electron chi connectivity index (χ1n) is 15.2. The Hall–Kier alpha value is -3.69. The summed E-state index contributed by atoms with van der Waals surface area (Å²) in [6.45, 7) is 13.8. The van der Waals surface area contributed by atoms with Crippen LogP contribution in [0.5, 0.6) is 0 Å². The van der Waals surface area contributed by atoms with Crippen LogP contribution >= 0.6 is 22.6 Å². The van der Waals surface area contributed by atoms with Gasteiger partial charge in [-0.2, -0.15) is 0 Å². The summed E-state index contributed by atoms with van der Waals surface area (Å²) < 4.78 is 1.31. The quantitative estimate of drug-likeness (QED) is 0.127. The molecule has 0 atom stereocenters. The third-order valence-electron chi connectivity index (χ3n) is 9.03. The lowest BCUT2D eigenvalue weighted by Gasteiger charge is -2.24. The van der Waals surface area contributed by atoms with Crippen molar-refractivity contribution in [3.8, 4) is 22.3 Å². The molecule has 7 aromatic carbocycles. The first kappa shape index (κ1) is 28.1. The lowest BCUT2D eigenvalue weighted by atomic mass is 9.80. The highest BCUT2D eigenvalue weighted by molar-refractivity contribution is 14.1. The summed E-state index contributed by atoms with van der Waals surface area (Å²) in [5.74, 6) is 0. The minimum atomic E-state index is 0.0405. The normalized spacial score (nSPS) is 12.5. The average molecular weight is 669 g/mol. The van der Waals surface area contributed by atoms with Crippen molar-refractivity contribution in [1.29, 1.82) is 0 Å². The second-order valence-electron chi connectivity index (χ2n) is 14.0. The van der Waals surface area contributed by atoms with Crippen molar-refractivity contribution in [3.63, 3.8) is 0 Å². The van der Waals surface area contributed by atoms with Crippen molar-refractivity contribution < 1.29 is 0 Å². The van der Waals surface area contributed by atoms with E-state index in [-0.39, 0.29) is 10.8 Å². The van der Waals surface area contributed by atoms with Gasteiger partial charge in [0.2, 0.25) is 0 Å². The van der Waals surface area contributed by atoms with Gasteiger partial charge in [0.15, 0.2) is 0 Å². The number of hydrogen-bond acceptors (Lipinski definition) is 0. The van der Waals surface area contributed by atoms with Gasteiger partial charge in [0.25, 0.3) is 0 Å². The Morgan fingerprint density at radius 2 is 1.05 bits per heavy atom. The van der Waals surface area contributed by atoms with Crippen LogP contribution < -0.4 is 0 Å². The fourth-order valence-corrected chi connectivity index (χ4v) is 7.54. The highest BCUT2D eigenvalue weighted by Crippen LogP contribution is 2.47. The maximum atomic E-state index is 2.63. The van der Waals surface area contributed by atoms with E-state index < -0.39 is 0 Å². The van der Waals surface area contributed by atoms with Crippen molar-refractivity contribution in [3.05, 3.63) is 130 Å². The van der Waals surface area contributed by atoms with Gasteiger partial charge in [-0.15, -0.1) is 0 Å². The summed E-state index contributed by atoms with van der Waals surface area (Å²) in [4.78, 5) is 0. The Morgan fingerprint density at radius 1 is 0.442 bits per heavy atom. The third kappa shape index (κ3) is 4.83. The molecule has 0 nitrogen and oxygen atoms in total. The lowest BCUT2D eigenvalue weighted by Crippen LogP contribution is -2.11. The Bertz CT molecular complexity index is 2200. The zero-order valence-corrected chi connectivity index (χ0v) is 28.0. The summed E-state index contributed by atoms with van der Waals surface area (Å²) in [5, 5.41) is 10.4. The van der Waals surface area contributed by atoms with Crippen LogP contribution in [0.3, 0.4) is 0 Å². The maximum Gasteiger partial charge on any atom is 0.0294 e. The monoisotopic (exact) mass is 668 g/mol. The van der Waals surface area contributed by atoms with Crippen molar-refractivity contribution in [1.82, 2.24) is 0 Å². The van der Waals surface area contributed by atoms with E-state index in [9.17, 15) is 0 Å². The number of rotatable bonds is 2. The minimum Gasteiger partial charge on any atom is -0.0616 e. The van der Waals surface area contributed by atoms with Crippen molar-refractivity contribution in [2.75, 3.05) is 0 Å². The van der Waals surface area contributed by atoms with E-state index in [0.29, 0.717) is 0 Å². The largest absolute Gasteiger partial charge is 0.0616 e. The summed E-state index contributed by atoms with van der Waals surface area (Å²) in [6, 6.07) is 43.4. The fourth-order valence-electron chi connectivity index (χ4n) is 6.51. The molecule has 0 amide bonds. The predicted octanol–water partition coefficient (Wildman–Crippen LogP) is 12.8. The number of fused-ring (bicyclic) bond motifs is 6. The second-order valence-corrected chi connectivity index (χ2v) is 15.1.